The predicted octanol–water partition coefficient (Wildman–Crippen LogP) is 4.43. The molecule has 2 heterocycles. The van der Waals surface area contributed by atoms with Crippen LogP contribution in [0.15, 0.2) is 63.2 Å². The average molecular weight is 278 g/mol. The zero-order chi connectivity index (χ0) is 14.2. The first-order chi connectivity index (χ1) is 10.3. The molecule has 2 aromatic heterocycles. The molecule has 0 bridgehead atoms. The van der Waals surface area contributed by atoms with Crippen LogP contribution in [0.1, 0.15) is 0 Å². The number of nitrogens with zero attached hydrogens (tertiary/aromatic N) is 3. The van der Waals surface area contributed by atoms with Gasteiger partial charge in [-0.1, -0.05) is 35.4 Å². The van der Waals surface area contributed by atoms with Crippen LogP contribution in [0.2, 0.25) is 0 Å². The number of fused-ring (bicyclic) bond motifs is 2. The third kappa shape index (κ3) is 1.93. The van der Waals surface area contributed by atoms with Gasteiger partial charge in [-0.05, 0) is 18.2 Å². The van der Waals surface area contributed by atoms with Gasteiger partial charge in [-0.15, -0.1) is 5.11 Å². The maximum Gasteiger partial charge on any atom is 0.341 e. The summed E-state index contributed by atoms with van der Waals surface area (Å²) in [6.45, 7) is 0. The van der Waals surface area contributed by atoms with Gasteiger partial charge in [0.15, 0.2) is 11.3 Å². The van der Waals surface area contributed by atoms with E-state index in [4.69, 9.17) is 4.42 Å². The van der Waals surface area contributed by atoms with Gasteiger partial charge in [0.05, 0.1) is 5.52 Å². The SMILES string of the molecule is Oc1[nH]c2ccccc2c1N=Nc1nc2ccccc2o1. The van der Waals surface area contributed by atoms with E-state index in [1.165, 1.54) is 0 Å². The molecule has 2 aromatic carbocycles. The fourth-order valence-corrected chi connectivity index (χ4v) is 2.21. The third-order valence-electron chi connectivity index (χ3n) is 3.18. The van der Waals surface area contributed by atoms with Gasteiger partial charge in [-0.3, -0.25) is 0 Å². The van der Waals surface area contributed by atoms with Crippen LogP contribution in [-0.2, 0) is 0 Å². The molecular weight excluding hydrogens is 268 g/mol. The molecule has 2 N–H and O–H groups in total. The van der Waals surface area contributed by atoms with Gasteiger partial charge in [0.25, 0.3) is 0 Å². The second-order valence-corrected chi connectivity index (χ2v) is 4.53. The van der Waals surface area contributed by atoms with Gasteiger partial charge >= 0.3 is 6.01 Å². The number of aromatic amines is 1. The molecular formula is C15H10N4O2. The van der Waals surface area contributed by atoms with Crippen molar-refractivity contribution in [1.82, 2.24) is 9.97 Å². The number of rotatable bonds is 2. The fourth-order valence-electron chi connectivity index (χ4n) is 2.21. The smallest absolute Gasteiger partial charge is 0.341 e. The molecule has 4 rings (SSSR count). The Labute approximate surface area is 118 Å². The number of nitrogens with one attached hydrogen (secondary N) is 1. The molecule has 0 amide bonds. The van der Waals surface area contributed by atoms with Crippen molar-refractivity contribution in [3.8, 4) is 5.88 Å². The Morgan fingerprint density at radius 3 is 2.71 bits per heavy atom. The minimum atomic E-state index is -0.0314. The van der Waals surface area contributed by atoms with E-state index in [1.807, 2.05) is 48.5 Å². The second kappa shape index (κ2) is 4.45. The van der Waals surface area contributed by atoms with E-state index in [2.05, 4.69) is 20.2 Å². The van der Waals surface area contributed by atoms with Crippen molar-refractivity contribution in [3.05, 3.63) is 48.5 Å². The maximum atomic E-state index is 9.89. The summed E-state index contributed by atoms with van der Waals surface area (Å²) in [5.74, 6) is -0.0314. The van der Waals surface area contributed by atoms with Crippen molar-refractivity contribution < 1.29 is 9.52 Å². The summed E-state index contributed by atoms with van der Waals surface area (Å²) < 4.78 is 5.45. The summed E-state index contributed by atoms with van der Waals surface area (Å²) in [7, 11) is 0. The van der Waals surface area contributed by atoms with Gasteiger partial charge in [0.1, 0.15) is 5.52 Å². The van der Waals surface area contributed by atoms with Crippen molar-refractivity contribution in [2.45, 2.75) is 0 Å². The largest absolute Gasteiger partial charge is 0.493 e. The molecule has 0 aliphatic carbocycles. The summed E-state index contributed by atoms with van der Waals surface area (Å²) in [4.78, 5) is 7.04. The fraction of sp³-hybridized carbons (Fsp3) is 0. The monoisotopic (exact) mass is 278 g/mol. The molecule has 102 valence electrons. The van der Waals surface area contributed by atoms with Crippen LogP contribution in [0.4, 0.5) is 11.7 Å². The lowest BCUT2D eigenvalue weighted by atomic mass is 10.2. The summed E-state index contributed by atoms with van der Waals surface area (Å²) in [6.07, 6.45) is 0. The molecule has 0 fully saturated rings. The van der Waals surface area contributed by atoms with Crippen molar-refractivity contribution >= 4 is 33.7 Å². The van der Waals surface area contributed by atoms with Gasteiger partial charge in [0, 0.05) is 5.39 Å². The number of aromatic hydroxyl groups is 1. The number of hydrogen-bond donors (Lipinski definition) is 2. The molecule has 6 nitrogen and oxygen atoms in total. The number of azo groups is 1. The second-order valence-electron chi connectivity index (χ2n) is 4.53. The Bertz CT molecular complexity index is 935. The number of oxazole rings is 1. The average Bonchev–Trinajstić information content (AvgIpc) is 3.04. The summed E-state index contributed by atoms with van der Waals surface area (Å²) in [5, 5.41) is 18.7. The van der Waals surface area contributed by atoms with E-state index in [9.17, 15) is 5.11 Å². The molecule has 0 atom stereocenters. The molecule has 0 aliphatic rings. The van der Waals surface area contributed by atoms with Gasteiger partial charge in [0.2, 0.25) is 5.88 Å². The molecule has 0 aliphatic heterocycles. The predicted molar refractivity (Wildman–Crippen MR) is 78.1 cm³/mol. The van der Waals surface area contributed by atoms with Crippen molar-refractivity contribution in [1.29, 1.82) is 0 Å². The van der Waals surface area contributed by atoms with E-state index in [0.29, 0.717) is 11.3 Å². The maximum absolute atomic E-state index is 9.89. The van der Waals surface area contributed by atoms with Gasteiger partial charge < -0.3 is 14.5 Å². The van der Waals surface area contributed by atoms with Crippen LogP contribution >= 0.6 is 0 Å². The molecule has 0 spiro atoms. The first-order valence-electron chi connectivity index (χ1n) is 6.38. The van der Waals surface area contributed by atoms with Gasteiger partial charge in [-0.25, -0.2) is 0 Å². The number of H-pyrrole nitrogens is 1. The van der Waals surface area contributed by atoms with E-state index in [-0.39, 0.29) is 11.9 Å². The Morgan fingerprint density at radius 1 is 1.00 bits per heavy atom. The van der Waals surface area contributed by atoms with Crippen LogP contribution in [0.3, 0.4) is 0 Å². The van der Waals surface area contributed by atoms with Crippen molar-refractivity contribution in [3.63, 3.8) is 0 Å². The third-order valence-corrected chi connectivity index (χ3v) is 3.18. The van der Waals surface area contributed by atoms with Crippen LogP contribution in [0.5, 0.6) is 5.88 Å². The number of aromatic nitrogens is 2. The molecule has 0 saturated carbocycles. The summed E-state index contributed by atoms with van der Waals surface area (Å²) in [5.41, 5.74) is 2.53. The van der Waals surface area contributed by atoms with Crippen LogP contribution < -0.4 is 0 Å². The van der Waals surface area contributed by atoms with Crippen LogP contribution in [-0.4, -0.2) is 15.1 Å². The highest BCUT2D eigenvalue weighted by Gasteiger charge is 2.10. The number of hydrogen-bond acceptors (Lipinski definition) is 5. The first kappa shape index (κ1) is 11.7. The lowest BCUT2D eigenvalue weighted by Gasteiger charge is -1.89. The summed E-state index contributed by atoms with van der Waals surface area (Å²) >= 11 is 0. The van der Waals surface area contributed by atoms with Crippen LogP contribution in [0.25, 0.3) is 22.0 Å². The Hall–Kier alpha value is -3.15. The molecule has 4 aromatic rings. The molecule has 21 heavy (non-hydrogen) atoms. The van der Waals surface area contributed by atoms with E-state index < -0.39 is 0 Å². The molecule has 0 unspecified atom stereocenters. The molecule has 6 heteroatoms. The number of para-hydroxylation sites is 3. The first-order valence-corrected chi connectivity index (χ1v) is 6.38. The van der Waals surface area contributed by atoms with Crippen molar-refractivity contribution in [2.24, 2.45) is 10.2 Å². The normalized spacial score (nSPS) is 11.8. The lowest BCUT2D eigenvalue weighted by molar-refractivity contribution is 0.459. The Balaban J connectivity index is 1.78. The zero-order valence-electron chi connectivity index (χ0n) is 10.8. The molecule has 0 saturated heterocycles. The minimum Gasteiger partial charge on any atom is -0.493 e. The lowest BCUT2D eigenvalue weighted by Crippen LogP contribution is -1.65. The highest BCUT2D eigenvalue weighted by Crippen LogP contribution is 2.36. The van der Waals surface area contributed by atoms with Crippen molar-refractivity contribution in [2.75, 3.05) is 0 Å². The topological polar surface area (TPSA) is 86.8 Å². The zero-order valence-corrected chi connectivity index (χ0v) is 10.8. The standard InChI is InChI=1S/C15H10N4O2/c20-14-13(9-5-1-2-6-10(9)16-14)18-19-15-17-11-7-3-4-8-12(11)21-15/h1-8,16,20H. The number of benzene rings is 2. The van der Waals surface area contributed by atoms with Gasteiger partial charge in [-0.2, -0.15) is 4.98 Å². The minimum absolute atomic E-state index is 0.0314. The Morgan fingerprint density at radius 2 is 1.81 bits per heavy atom. The Kier molecular flexibility index (Phi) is 2.47. The highest BCUT2D eigenvalue weighted by molar-refractivity contribution is 5.94. The molecule has 0 radical (unpaired) electrons. The van der Waals surface area contributed by atoms with E-state index >= 15 is 0 Å². The quantitative estimate of drug-likeness (QED) is 0.532. The highest BCUT2D eigenvalue weighted by atomic mass is 16.4. The summed E-state index contributed by atoms with van der Waals surface area (Å²) in [6, 6.07) is 15.0. The van der Waals surface area contributed by atoms with E-state index in [0.717, 1.165) is 16.4 Å². The van der Waals surface area contributed by atoms with Crippen LogP contribution in [0, 0.1) is 0 Å². The van der Waals surface area contributed by atoms with E-state index in [1.54, 1.807) is 0 Å².